The third kappa shape index (κ3) is 7.11. The van der Waals surface area contributed by atoms with Crippen LogP contribution in [0.3, 0.4) is 0 Å². The second-order valence-electron chi connectivity index (χ2n) is 7.71. The smallest absolute Gasteiger partial charge is 0.264 e. The van der Waals surface area contributed by atoms with Crippen molar-refractivity contribution in [2.75, 3.05) is 23.1 Å². The molecule has 174 valence electrons. The first-order chi connectivity index (χ1) is 15.9. The van der Waals surface area contributed by atoms with Crippen molar-refractivity contribution in [3.05, 3.63) is 90.0 Å². The van der Waals surface area contributed by atoms with E-state index in [-0.39, 0.29) is 17.3 Å². The molecule has 0 saturated heterocycles. The molecule has 3 aromatic carbocycles. The zero-order valence-electron chi connectivity index (χ0n) is 19.0. The van der Waals surface area contributed by atoms with Gasteiger partial charge in [-0.1, -0.05) is 55.0 Å². The largest absolute Gasteiger partial charge is 0.354 e. The third-order valence-electron chi connectivity index (χ3n) is 5.18. The molecule has 0 aliphatic rings. The van der Waals surface area contributed by atoms with Gasteiger partial charge in [0.25, 0.3) is 10.0 Å². The fourth-order valence-electron chi connectivity index (χ4n) is 3.24. The van der Waals surface area contributed by atoms with E-state index in [0.29, 0.717) is 12.2 Å². The van der Waals surface area contributed by atoms with E-state index in [1.54, 1.807) is 54.2 Å². The average molecular weight is 483 g/mol. The number of nitrogens with zero attached hydrogens (tertiary/aromatic N) is 1. The predicted molar refractivity (Wildman–Crippen MR) is 136 cm³/mol. The Hall–Kier alpha value is -2.77. The summed E-state index contributed by atoms with van der Waals surface area (Å²) < 4.78 is 27.8. The molecule has 3 aromatic rings. The summed E-state index contributed by atoms with van der Waals surface area (Å²) in [5, 5.41) is 2.87. The molecule has 33 heavy (non-hydrogen) atoms. The van der Waals surface area contributed by atoms with Crippen LogP contribution in [0.1, 0.15) is 24.5 Å². The number of thioether (sulfide) groups is 1. The van der Waals surface area contributed by atoms with Crippen LogP contribution in [-0.4, -0.2) is 33.2 Å². The molecule has 0 fully saturated rings. The van der Waals surface area contributed by atoms with E-state index in [0.717, 1.165) is 24.2 Å². The summed E-state index contributed by atoms with van der Waals surface area (Å²) in [5.41, 5.74) is 2.80. The highest BCUT2D eigenvalue weighted by atomic mass is 32.2. The lowest BCUT2D eigenvalue weighted by Gasteiger charge is -2.24. The second-order valence-corrected chi connectivity index (χ2v) is 10.7. The maximum absolute atomic E-state index is 13.3. The van der Waals surface area contributed by atoms with Gasteiger partial charge in [-0.2, -0.15) is 0 Å². The molecule has 0 bridgehead atoms. The summed E-state index contributed by atoms with van der Waals surface area (Å²) in [6, 6.07) is 23.9. The van der Waals surface area contributed by atoms with E-state index in [1.165, 1.54) is 14.8 Å². The van der Waals surface area contributed by atoms with Crippen LogP contribution in [0.2, 0.25) is 0 Å². The molecule has 5 nitrogen and oxygen atoms in total. The van der Waals surface area contributed by atoms with Gasteiger partial charge in [0, 0.05) is 11.4 Å². The Morgan fingerprint density at radius 1 is 0.939 bits per heavy atom. The molecule has 0 aromatic heterocycles. The van der Waals surface area contributed by atoms with Crippen molar-refractivity contribution < 1.29 is 13.2 Å². The van der Waals surface area contributed by atoms with Gasteiger partial charge in [-0.25, -0.2) is 8.42 Å². The Kier molecular flexibility index (Phi) is 8.97. The van der Waals surface area contributed by atoms with Gasteiger partial charge in [-0.3, -0.25) is 9.10 Å². The Balaban J connectivity index is 1.62. The summed E-state index contributed by atoms with van der Waals surface area (Å²) >= 11 is 1.74. The zero-order valence-corrected chi connectivity index (χ0v) is 20.7. The summed E-state index contributed by atoms with van der Waals surface area (Å²) in [7, 11) is -3.88. The van der Waals surface area contributed by atoms with Crippen LogP contribution < -0.4 is 9.62 Å². The summed E-state index contributed by atoms with van der Waals surface area (Å²) in [4.78, 5) is 14.0. The first-order valence-electron chi connectivity index (χ1n) is 11.0. The van der Waals surface area contributed by atoms with Gasteiger partial charge in [-0.15, -0.1) is 11.8 Å². The first kappa shape index (κ1) is 24.9. The van der Waals surface area contributed by atoms with E-state index in [2.05, 4.69) is 36.5 Å². The molecular formula is C26H30N2O3S2. The highest BCUT2D eigenvalue weighted by Gasteiger charge is 2.26. The van der Waals surface area contributed by atoms with Crippen LogP contribution in [0.5, 0.6) is 0 Å². The van der Waals surface area contributed by atoms with Crippen LogP contribution in [-0.2, 0) is 21.2 Å². The molecule has 0 radical (unpaired) electrons. The van der Waals surface area contributed by atoms with Crippen LogP contribution in [0.4, 0.5) is 5.69 Å². The van der Waals surface area contributed by atoms with Crippen LogP contribution >= 0.6 is 11.8 Å². The lowest BCUT2D eigenvalue weighted by Crippen LogP contribution is -2.41. The molecule has 1 N–H and O–H groups in total. The molecule has 0 aliphatic heterocycles. The van der Waals surface area contributed by atoms with Crippen molar-refractivity contribution in [1.29, 1.82) is 0 Å². The number of hydrogen-bond acceptors (Lipinski definition) is 4. The van der Waals surface area contributed by atoms with Crippen molar-refractivity contribution in [3.8, 4) is 0 Å². The number of nitrogens with one attached hydrogen (secondary N) is 1. The summed E-state index contributed by atoms with van der Waals surface area (Å²) in [6.07, 6.45) is 1.65. The molecular weight excluding hydrogens is 452 g/mol. The molecule has 0 unspecified atom stereocenters. The number of benzene rings is 3. The number of anilines is 1. The maximum Gasteiger partial charge on any atom is 0.264 e. The van der Waals surface area contributed by atoms with Crippen molar-refractivity contribution in [2.45, 2.75) is 36.5 Å². The van der Waals surface area contributed by atoms with E-state index >= 15 is 0 Å². The number of carbonyl (C=O) groups is 1. The topological polar surface area (TPSA) is 66.5 Å². The monoisotopic (exact) mass is 482 g/mol. The molecule has 1 amide bonds. The molecule has 3 rings (SSSR count). The Bertz CT molecular complexity index is 1130. The Morgan fingerprint density at radius 2 is 1.61 bits per heavy atom. The van der Waals surface area contributed by atoms with Gasteiger partial charge >= 0.3 is 0 Å². The number of sulfonamides is 1. The third-order valence-corrected chi connectivity index (χ3v) is 8.07. The number of aryl methyl sites for hydroxylation is 2. The number of carbonyl (C=O) groups excluding carboxylic acids is 1. The molecule has 0 saturated carbocycles. The van der Waals surface area contributed by atoms with Gasteiger partial charge in [-0.05, 0) is 67.5 Å². The van der Waals surface area contributed by atoms with Gasteiger partial charge in [0.15, 0.2) is 0 Å². The number of amides is 1. The van der Waals surface area contributed by atoms with Gasteiger partial charge < -0.3 is 5.32 Å². The SMILES string of the molecule is CCc1ccc(N(CC(=O)NCCCSc2ccc(C)cc2)S(=O)(=O)c2ccccc2)cc1. The van der Waals surface area contributed by atoms with Gasteiger partial charge in [0.05, 0.1) is 10.6 Å². The van der Waals surface area contributed by atoms with E-state index in [1.807, 2.05) is 19.1 Å². The molecule has 0 aliphatic carbocycles. The Labute approximate surface area is 201 Å². The van der Waals surface area contributed by atoms with E-state index < -0.39 is 10.0 Å². The summed E-state index contributed by atoms with van der Waals surface area (Å²) in [5.74, 6) is 0.544. The zero-order chi connectivity index (χ0) is 23.7. The van der Waals surface area contributed by atoms with Crippen molar-refractivity contribution in [1.82, 2.24) is 5.32 Å². The molecule has 0 atom stereocenters. The standard InChI is InChI=1S/C26H30N2O3S2/c1-3-22-12-14-23(15-13-22)28(33(30,31)25-8-5-4-6-9-25)20-26(29)27-18-7-19-32-24-16-10-21(2)11-17-24/h4-6,8-17H,3,7,18-20H2,1-2H3,(H,27,29). The summed E-state index contributed by atoms with van der Waals surface area (Å²) in [6.45, 7) is 4.32. The number of hydrogen-bond donors (Lipinski definition) is 1. The second kappa shape index (κ2) is 11.9. The minimum atomic E-state index is -3.88. The van der Waals surface area contributed by atoms with Crippen molar-refractivity contribution in [2.24, 2.45) is 0 Å². The van der Waals surface area contributed by atoms with E-state index in [4.69, 9.17) is 0 Å². The number of rotatable bonds is 11. The normalized spacial score (nSPS) is 11.2. The van der Waals surface area contributed by atoms with Crippen LogP contribution in [0.25, 0.3) is 0 Å². The lowest BCUT2D eigenvalue weighted by atomic mass is 10.1. The maximum atomic E-state index is 13.3. The molecule has 0 heterocycles. The molecule has 0 spiro atoms. The highest BCUT2D eigenvalue weighted by Crippen LogP contribution is 2.24. The van der Waals surface area contributed by atoms with Crippen LogP contribution in [0, 0.1) is 6.92 Å². The quantitative estimate of drug-likeness (QED) is 0.307. The fourth-order valence-corrected chi connectivity index (χ4v) is 5.54. The molecule has 7 heteroatoms. The minimum absolute atomic E-state index is 0.159. The van der Waals surface area contributed by atoms with Gasteiger partial charge in [0.2, 0.25) is 5.91 Å². The van der Waals surface area contributed by atoms with Crippen molar-refractivity contribution in [3.63, 3.8) is 0 Å². The lowest BCUT2D eigenvalue weighted by molar-refractivity contribution is -0.119. The van der Waals surface area contributed by atoms with Crippen molar-refractivity contribution >= 4 is 33.4 Å². The predicted octanol–water partition coefficient (Wildman–Crippen LogP) is 5.05. The Morgan fingerprint density at radius 3 is 2.24 bits per heavy atom. The van der Waals surface area contributed by atoms with Crippen LogP contribution in [0.15, 0.2) is 88.7 Å². The van der Waals surface area contributed by atoms with E-state index in [9.17, 15) is 13.2 Å². The average Bonchev–Trinajstić information content (AvgIpc) is 2.84. The first-order valence-corrected chi connectivity index (χ1v) is 13.5. The van der Waals surface area contributed by atoms with Gasteiger partial charge in [0.1, 0.15) is 6.54 Å². The minimum Gasteiger partial charge on any atom is -0.354 e. The fraction of sp³-hybridized carbons (Fsp3) is 0.269. The highest BCUT2D eigenvalue weighted by molar-refractivity contribution is 7.99.